The quantitative estimate of drug-likeness (QED) is 0.787. The molecule has 1 N–H and O–H groups in total. The molecule has 14 heavy (non-hydrogen) atoms. The minimum Gasteiger partial charge on any atom is -0.344 e. The molecule has 0 aliphatic rings. The Morgan fingerprint density at radius 1 is 1.36 bits per heavy atom. The molecule has 1 heterocycles. The molecule has 0 saturated carbocycles. The molecule has 0 spiro atoms. The van der Waals surface area contributed by atoms with Crippen LogP contribution in [0.1, 0.15) is 20.8 Å². The number of aromatic nitrogens is 2. The molecule has 0 radical (unpaired) electrons. The molecule has 4 nitrogen and oxygen atoms in total. The van der Waals surface area contributed by atoms with E-state index < -0.39 is 0 Å². The molecule has 0 aliphatic heterocycles. The maximum absolute atomic E-state index is 11.3. The Labute approximate surface area is 83.8 Å². The Bertz CT molecular complexity index is 297. The molecule has 1 aromatic heterocycles. The molecule has 1 aromatic rings. The fraction of sp³-hybridized carbons (Fsp3) is 0.500. The van der Waals surface area contributed by atoms with Crippen LogP contribution < -0.4 is 5.32 Å². The highest BCUT2D eigenvalue weighted by Crippen LogP contribution is 2.08. The van der Waals surface area contributed by atoms with Gasteiger partial charge in [-0.25, -0.2) is 9.97 Å². The number of nitrogens with zero attached hydrogens (tertiary/aromatic N) is 2. The smallest absolute Gasteiger partial charge is 0.223 e. The predicted octanol–water partition coefficient (Wildman–Crippen LogP) is 1.50. The van der Waals surface area contributed by atoms with Crippen LogP contribution >= 0.6 is 0 Å². The highest BCUT2D eigenvalue weighted by molar-refractivity contribution is 5.84. The zero-order valence-corrected chi connectivity index (χ0v) is 8.69. The van der Waals surface area contributed by atoms with E-state index in [0.717, 1.165) is 0 Å². The van der Waals surface area contributed by atoms with Gasteiger partial charge in [0, 0.05) is 12.4 Å². The first kappa shape index (κ1) is 10.6. The van der Waals surface area contributed by atoms with E-state index in [-0.39, 0.29) is 17.7 Å². The maximum Gasteiger partial charge on any atom is 0.223 e. The summed E-state index contributed by atoms with van der Waals surface area (Å²) in [7, 11) is 0. The van der Waals surface area contributed by atoms with E-state index in [4.69, 9.17) is 0 Å². The molecule has 0 saturated heterocycles. The molecule has 76 valence electrons. The largest absolute Gasteiger partial charge is 0.344 e. The summed E-state index contributed by atoms with van der Waals surface area (Å²) in [6, 6.07) is 1.53. The van der Waals surface area contributed by atoms with E-state index in [9.17, 15) is 4.79 Å². The van der Waals surface area contributed by atoms with E-state index in [1.165, 1.54) is 0 Å². The molecule has 1 unspecified atom stereocenters. The van der Waals surface area contributed by atoms with Gasteiger partial charge in [-0.15, -0.1) is 0 Å². The average Bonchev–Trinajstić information content (AvgIpc) is 2.15. The van der Waals surface area contributed by atoms with Crippen molar-refractivity contribution in [2.24, 2.45) is 5.92 Å². The van der Waals surface area contributed by atoms with Crippen LogP contribution in [0.5, 0.6) is 0 Å². The van der Waals surface area contributed by atoms with Crippen LogP contribution in [0.2, 0.25) is 0 Å². The molecule has 1 rings (SSSR count). The van der Waals surface area contributed by atoms with Gasteiger partial charge in [0.2, 0.25) is 5.95 Å². The van der Waals surface area contributed by atoms with Crippen molar-refractivity contribution in [1.82, 2.24) is 9.97 Å². The molecule has 0 aromatic carbocycles. The van der Waals surface area contributed by atoms with Crippen molar-refractivity contribution in [3.63, 3.8) is 0 Å². The molecular formula is C10H15N3O. The van der Waals surface area contributed by atoms with Crippen LogP contribution in [0.15, 0.2) is 18.5 Å². The second-order valence-electron chi connectivity index (χ2n) is 3.55. The molecule has 4 heteroatoms. The third-order valence-corrected chi connectivity index (χ3v) is 1.96. The fourth-order valence-electron chi connectivity index (χ4n) is 1.25. The number of carbonyl (C=O) groups excluding carboxylic acids is 1. The average molecular weight is 193 g/mol. The maximum atomic E-state index is 11.3. The molecule has 0 bridgehead atoms. The van der Waals surface area contributed by atoms with Gasteiger partial charge in [0.1, 0.15) is 0 Å². The highest BCUT2D eigenvalue weighted by atomic mass is 16.1. The number of rotatable bonds is 4. The Morgan fingerprint density at radius 2 is 1.93 bits per heavy atom. The summed E-state index contributed by atoms with van der Waals surface area (Å²) in [5.74, 6) is 0.838. The van der Waals surface area contributed by atoms with Crippen LogP contribution in [0, 0.1) is 5.92 Å². The van der Waals surface area contributed by atoms with Crippen LogP contribution in [0.3, 0.4) is 0 Å². The monoisotopic (exact) mass is 193 g/mol. The standard InChI is InChI=1S/C10H15N3O/c1-7(2)9(8(3)14)13-10-11-5-4-6-12-10/h4-7,9H,1-3H3,(H,11,12,13). The van der Waals surface area contributed by atoms with Crippen molar-refractivity contribution in [3.05, 3.63) is 18.5 Å². The van der Waals surface area contributed by atoms with Crippen molar-refractivity contribution >= 4 is 11.7 Å². The fourth-order valence-corrected chi connectivity index (χ4v) is 1.25. The minimum absolute atomic E-state index is 0.104. The van der Waals surface area contributed by atoms with Crippen molar-refractivity contribution in [2.45, 2.75) is 26.8 Å². The lowest BCUT2D eigenvalue weighted by atomic mass is 10.0. The lowest BCUT2D eigenvalue weighted by molar-refractivity contribution is -0.118. The number of anilines is 1. The number of Topliss-reactive ketones (excluding diaryl/α,β-unsaturated/α-hetero) is 1. The van der Waals surface area contributed by atoms with E-state index in [2.05, 4.69) is 15.3 Å². The summed E-state index contributed by atoms with van der Waals surface area (Å²) in [5, 5.41) is 3.01. The molecule has 0 aliphatic carbocycles. The van der Waals surface area contributed by atoms with Gasteiger partial charge in [0.25, 0.3) is 0 Å². The van der Waals surface area contributed by atoms with Gasteiger partial charge in [-0.1, -0.05) is 13.8 Å². The van der Waals surface area contributed by atoms with Gasteiger partial charge in [-0.3, -0.25) is 4.79 Å². The van der Waals surface area contributed by atoms with Crippen molar-refractivity contribution in [3.8, 4) is 0 Å². The lowest BCUT2D eigenvalue weighted by Gasteiger charge is -2.18. The minimum atomic E-state index is -0.211. The second kappa shape index (κ2) is 4.69. The van der Waals surface area contributed by atoms with Crippen molar-refractivity contribution in [1.29, 1.82) is 0 Å². The second-order valence-corrected chi connectivity index (χ2v) is 3.55. The summed E-state index contributed by atoms with van der Waals surface area (Å²) in [6.07, 6.45) is 3.29. The summed E-state index contributed by atoms with van der Waals surface area (Å²) in [4.78, 5) is 19.3. The van der Waals surface area contributed by atoms with Gasteiger partial charge in [0.05, 0.1) is 6.04 Å². The summed E-state index contributed by atoms with van der Waals surface area (Å²) in [5.41, 5.74) is 0. The topological polar surface area (TPSA) is 54.9 Å². The SMILES string of the molecule is CC(=O)C(Nc1ncccn1)C(C)C. The van der Waals surface area contributed by atoms with Crippen LogP contribution in [-0.2, 0) is 4.79 Å². The Hall–Kier alpha value is -1.45. The number of ketones is 1. The van der Waals surface area contributed by atoms with Crippen molar-refractivity contribution < 1.29 is 4.79 Å². The first-order valence-corrected chi connectivity index (χ1v) is 4.65. The summed E-state index contributed by atoms with van der Waals surface area (Å²) in [6.45, 7) is 5.55. The third kappa shape index (κ3) is 2.80. The van der Waals surface area contributed by atoms with E-state index in [1.54, 1.807) is 25.4 Å². The number of hydrogen-bond acceptors (Lipinski definition) is 4. The number of carbonyl (C=O) groups is 1. The van der Waals surface area contributed by atoms with Gasteiger partial charge < -0.3 is 5.32 Å². The Kier molecular flexibility index (Phi) is 3.56. The predicted molar refractivity (Wildman–Crippen MR) is 55.0 cm³/mol. The van der Waals surface area contributed by atoms with Crippen LogP contribution in [0.25, 0.3) is 0 Å². The molecule has 0 amide bonds. The Balaban J connectivity index is 2.70. The zero-order chi connectivity index (χ0) is 10.6. The zero-order valence-electron chi connectivity index (χ0n) is 8.69. The first-order chi connectivity index (χ1) is 6.61. The third-order valence-electron chi connectivity index (χ3n) is 1.96. The van der Waals surface area contributed by atoms with Gasteiger partial charge in [0.15, 0.2) is 5.78 Å². The molecule has 1 atom stereocenters. The summed E-state index contributed by atoms with van der Waals surface area (Å²) < 4.78 is 0. The molecule has 0 fully saturated rings. The van der Waals surface area contributed by atoms with E-state index in [1.807, 2.05) is 13.8 Å². The highest BCUT2D eigenvalue weighted by Gasteiger charge is 2.18. The van der Waals surface area contributed by atoms with E-state index >= 15 is 0 Å². The summed E-state index contributed by atoms with van der Waals surface area (Å²) >= 11 is 0. The van der Waals surface area contributed by atoms with Gasteiger partial charge in [-0.05, 0) is 18.9 Å². The number of nitrogens with one attached hydrogen (secondary N) is 1. The molecular weight excluding hydrogens is 178 g/mol. The van der Waals surface area contributed by atoms with Crippen LogP contribution in [-0.4, -0.2) is 21.8 Å². The normalized spacial score (nSPS) is 12.6. The van der Waals surface area contributed by atoms with Crippen molar-refractivity contribution in [2.75, 3.05) is 5.32 Å². The van der Waals surface area contributed by atoms with E-state index in [0.29, 0.717) is 5.95 Å². The Morgan fingerprint density at radius 3 is 2.36 bits per heavy atom. The van der Waals surface area contributed by atoms with Gasteiger partial charge >= 0.3 is 0 Å². The lowest BCUT2D eigenvalue weighted by Crippen LogP contribution is -2.33. The number of hydrogen-bond donors (Lipinski definition) is 1. The first-order valence-electron chi connectivity index (χ1n) is 4.65. The van der Waals surface area contributed by atoms with Crippen LogP contribution in [0.4, 0.5) is 5.95 Å². The van der Waals surface area contributed by atoms with Gasteiger partial charge in [-0.2, -0.15) is 0 Å².